The van der Waals surface area contributed by atoms with Crippen LogP contribution in [-0.4, -0.2) is 31.0 Å². The van der Waals surface area contributed by atoms with E-state index in [1.165, 1.54) is 6.08 Å². The second-order valence-electron chi connectivity index (χ2n) is 6.23. The van der Waals surface area contributed by atoms with Crippen LogP contribution in [-0.2, 0) is 19.4 Å². The Hall–Kier alpha value is -1.43. The molecule has 6 heteroatoms. The van der Waals surface area contributed by atoms with Crippen molar-refractivity contribution in [2.75, 3.05) is 5.75 Å². The van der Waals surface area contributed by atoms with Crippen molar-refractivity contribution >= 4 is 21.6 Å². The number of aliphatic carboxylic acids is 1. The van der Waals surface area contributed by atoms with Crippen LogP contribution in [0, 0.1) is 17.3 Å². The van der Waals surface area contributed by atoms with E-state index in [2.05, 4.69) is 0 Å². The van der Waals surface area contributed by atoms with E-state index in [1.807, 2.05) is 0 Å². The number of sulfone groups is 1. The van der Waals surface area contributed by atoms with Crippen molar-refractivity contribution in [3.63, 3.8) is 0 Å². The number of carbonyl (C=O) groups excluding carboxylic acids is 1. The van der Waals surface area contributed by atoms with Crippen molar-refractivity contribution in [1.29, 1.82) is 0 Å². The average Bonchev–Trinajstić information content (AvgIpc) is 2.26. The number of allylic oxidation sites excluding steroid dienone is 3. The number of hydrogen-bond acceptors (Lipinski definition) is 4. The van der Waals surface area contributed by atoms with Gasteiger partial charge in [-0.3, -0.25) is 4.79 Å². The van der Waals surface area contributed by atoms with Crippen LogP contribution in [0.25, 0.3) is 0 Å². The lowest BCUT2D eigenvalue weighted by Crippen LogP contribution is -2.48. The molecule has 20 heavy (non-hydrogen) atoms. The molecule has 0 bridgehead atoms. The van der Waals surface area contributed by atoms with Crippen molar-refractivity contribution in [3.05, 3.63) is 22.1 Å². The third kappa shape index (κ3) is 2.02. The van der Waals surface area contributed by atoms with Gasteiger partial charge in [0, 0.05) is 16.9 Å². The molecule has 1 N–H and O–H groups in total. The fourth-order valence-electron chi connectivity index (χ4n) is 3.17. The molecule has 5 nitrogen and oxygen atoms in total. The molecule has 1 heterocycles. The first-order valence-corrected chi connectivity index (χ1v) is 8.07. The predicted octanol–water partition coefficient (Wildman–Crippen LogP) is 1.56. The second-order valence-corrected chi connectivity index (χ2v) is 8.18. The van der Waals surface area contributed by atoms with E-state index in [1.54, 1.807) is 27.7 Å². The van der Waals surface area contributed by atoms with Gasteiger partial charge >= 0.3 is 5.97 Å². The maximum absolute atomic E-state index is 12.6. The normalized spacial score (nSPS) is 31.6. The van der Waals surface area contributed by atoms with Gasteiger partial charge in [-0.15, -0.1) is 0 Å². The lowest BCUT2D eigenvalue weighted by Gasteiger charge is -2.40. The molecule has 1 aliphatic heterocycles. The summed E-state index contributed by atoms with van der Waals surface area (Å²) in [5, 5.41) is 9.21. The van der Waals surface area contributed by atoms with Crippen LogP contribution in [0.3, 0.4) is 0 Å². The Bertz CT molecular complexity index is 664. The molecule has 0 radical (unpaired) electrons. The van der Waals surface area contributed by atoms with Crippen LogP contribution < -0.4 is 0 Å². The summed E-state index contributed by atoms with van der Waals surface area (Å²) in [6.07, 6.45) is 1.38. The van der Waals surface area contributed by atoms with E-state index in [4.69, 9.17) is 0 Å². The van der Waals surface area contributed by atoms with Crippen LogP contribution >= 0.6 is 0 Å². The van der Waals surface area contributed by atoms with Gasteiger partial charge in [0.15, 0.2) is 9.84 Å². The Morgan fingerprint density at radius 1 is 1.40 bits per heavy atom. The molecule has 1 aliphatic carbocycles. The number of carbonyl (C=O) groups is 2. The molecule has 0 amide bonds. The zero-order chi connectivity index (χ0) is 15.5. The maximum atomic E-state index is 12.6. The quantitative estimate of drug-likeness (QED) is 0.793. The summed E-state index contributed by atoms with van der Waals surface area (Å²) < 4.78 is 24.8. The Morgan fingerprint density at radius 2 is 1.95 bits per heavy atom. The highest BCUT2D eigenvalue weighted by Crippen LogP contribution is 2.46. The van der Waals surface area contributed by atoms with E-state index in [-0.39, 0.29) is 22.0 Å². The van der Waals surface area contributed by atoms with Gasteiger partial charge in [-0.05, 0) is 18.6 Å². The monoisotopic (exact) mass is 298 g/mol. The Kier molecular flexibility index (Phi) is 3.20. The molecule has 0 aromatic carbocycles. The van der Waals surface area contributed by atoms with Crippen LogP contribution in [0.5, 0.6) is 0 Å². The minimum atomic E-state index is -3.53. The molecule has 0 aromatic heterocycles. The highest BCUT2D eigenvalue weighted by Gasteiger charge is 2.52. The minimum Gasteiger partial charge on any atom is -0.478 e. The number of fused-ring (bicyclic) bond motifs is 1. The summed E-state index contributed by atoms with van der Waals surface area (Å²) in [4.78, 5) is 23.9. The molecule has 0 spiro atoms. The van der Waals surface area contributed by atoms with Crippen LogP contribution in [0.15, 0.2) is 22.1 Å². The summed E-state index contributed by atoms with van der Waals surface area (Å²) in [6, 6.07) is 0. The van der Waals surface area contributed by atoms with Crippen LogP contribution in [0.1, 0.15) is 27.7 Å². The molecular formula is C14H18O5S. The van der Waals surface area contributed by atoms with Crippen molar-refractivity contribution < 1.29 is 23.1 Å². The van der Waals surface area contributed by atoms with E-state index < -0.39 is 33.1 Å². The fraction of sp³-hybridized carbons (Fsp3) is 0.571. The molecule has 2 unspecified atom stereocenters. The number of ketones is 1. The number of carboxylic acid groups (broad SMARTS) is 1. The van der Waals surface area contributed by atoms with Gasteiger partial charge in [-0.25, -0.2) is 13.2 Å². The molecule has 110 valence electrons. The molecule has 0 aromatic rings. The van der Waals surface area contributed by atoms with Gasteiger partial charge in [-0.1, -0.05) is 20.8 Å². The van der Waals surface area contributed by atoms with Crippen molar-refractivity contribution in [2.45, 2.75) is 27.7 Å². The van der Waals surface area contributed by atoms with E-state index >= 15 is 0 Å². The molecule has 2 atom stereocenters. The first-order valence-electron chi connectivity index (χ1n) is 6.42. The maximum Gasteiger partial charge on any atom is 0.331 e. The molecular weight excluding hydrogens is 280 g/mol. The Balaban J connectivity index is 2.73. The van der Waals surface area contributed by atoms with E-state index in [9.17, 15) is 23.1 Å². The molecule has 2 rings (SSSR count). The number of rotatable bonds is 1. The van der Waals surface area contributed by atoms with Gasteiger partial charge in [0.2, 0.25) is 0 Å². The molecule has 1 saturated heterocycles. The summed E-state index contributed by atoms with van der Waals surface area (Å²) >= 11 is 0. The third-order valence-electron chi connectivity index (χ3n) is 4.12. The minimum absolute atomic E-state index is 0.0949. The summed E-state index contributed by atoms with van der Waals surface area (Å²) in [5.41, 5.74) is -0.519. The van der Waals surface area contributed by atoms with E-state index in [0.717, 1.165) is 0 Å². The lowest BCUT2D eigenvalue weighted by atomic mass is 9.71. The standard InChI is InChI=1S/C14H18O5S/c1-7-5-9(13(16)17)8(2)10-11(7)20(18,19)6-14(3,4)12(10)15/h5,8,10H,6H2,1-4H3,(H,16,17). The van der Waals surface area contributed by atoms with Gasteiger partial charge in [0.25, 0.3) is 0 Å². The number of Topliss-reactive ketones (excluding diaryl/α,β-unsaturated/α-hetero) is 1. The summed E-state index contributed by atoms with van der Waals surface area (Å²) in [6.45, 7) is 6.36. The SMILES string of the molecule is CC1=C2C(C(=O)C(C)(C)CS2(=O)=O)C(C)C(C(=O)O)=C1. The van der Waals surface area contributed by atoms with E-state index in [0.29, 0.717) is 5.57 Å². The average molecular weight is 298 g/mol. The topological polar surface area (TPSA) is 88.5 Å². The van der Waals surface area contributed by atoms with Gasteiger partial charge in [0.1, 0.15) is 5.78 Å². The Labute approximate surface area is 118 Å². The Morgan fingerprint density at radius 3 is 2.45 bits per heavy atom. The third-order valence-corrected chi connectivity index (χ3v) is 6.46. The van der Waals surface area contributed by atoms with Gasteiger partial charge in [-0.2, -0.15) is 0 Å². The zero-order valence-corrected chi connectivity index (χ0v) is 12.7. The first-order chi connectivity index (χ1) is 8.99. The van der Waals surface area contributed by atoms with Crippen molar-refractivity contribution in [1.82, 2.24) is 0 Å². The predicted molar refractivity (Wildman–Crippen MR) is 73.6 cm³/mol. The number of carboxylic acids is 1. The molecule has 2 aliphatic rings. The fourth-order valence-corrected chi connectivity index (χ4v) is 5.67. The largest absolute Gasteiger partial charge is 0.478 e. The van der Waals surface area contributed by atoms with Crippen LogP contribution in [0.2, 0.25) is 0 Å². The van der Waals surface area contributed by atoms with Crippen molar-refractivity contribution in [3.8, 4) is 0 Å². The first kappa shape index (κ1) is 15.0. The highest BCUT2D eigenvalue weighted by atomic mass is 32.2. The van der Waals surface area contributed by atoms with Gasteiger partial charge < -0.3 is 5.11 Å². The smallest absolute Gasteiger partial charge is 0.331 e. The lowest BCUT2D eigenvalue weighted by molar-refractivity contribution is -0.134. The summed E-state index contributed by atoms with van der Waals surface area (Å²) in [7, 11) is -3.53. The van der Waals surface area contributed by atoms with Crippen molar-refractivity contribution in [2.24, 2.45) is 17.3 Å². The second kappa shape index (κ2) is 4.28. The summed E-state index contributed by atoms with van der Waals surface area (Å²) in [5.74, 6) is -3.02. The molecule has 0 saturated carbocycles. The van der Waals surface area contributed by atoms with Gasteiger partial charge in [0.05, 0.1) is 16.6 Å². The zero-order valence-electron chi connectivity index (χ0n) is 11.9. The highest BCUT2D eigenvalue weighted by molar-refractivity contribution is 7.95. The number of hydrogen-bond donors (Lipinski definition) is 1. The molecule has 1 fully saturated rings. The van der Waals surface area contributed by atoms with Crippen LogP contribution in [0.4, 0.5) is 0 Å².